The van der Waals surface area contributed by atoms with E-state index in [1.54, 1.807) is 18.2 Å². The first kappa shape index (κ1) is 12.1. The molecule has 5 N–H and O–H groups in total. The van der Waals surface area contributed by atoms with E-state index in [0.29, 0.717) is 15.6 Å². The van der Waals surface area contributed by atoms with Crippen molar-refractivity contribution >= 4 is 29.2 Å². The third-order valence-corrected chi connectivity index (χ3v) is 2.71. The van der Waals surface area contributed by atoms with E-state index in [0.717, 1.165) is 0 Å². The third kappa shape index (κ3) is 3.27. The monoisotopic (exact) mass is 247 g/mol. The van der Waals surface area contributed by atoms with Crippen LogP contribution in [0, 0.1) is 0 Å². The summed E-state index contributed by atoms with van der Waals surface area (Å²) >= 11 is 11.8. The summed E-state index contributed by atoms with van der Waals surface area (Å²) < 4.78 is 0. The number of benzene rings is 1. The van der Waals surface area contributed by atoms with Crippen LogP contribution < -0.4 is 16.8 Å². The largest absolute Gasteiger partial charge is 0.352 e. The van der Waals surface area contributed by atoms with Crippen LogP contribution in [0.4, 0.5) is 4.79 Å². The van der Waals surface area contributed by atoms with Crippen molar-refractivity contribution in [3.05, 3.63) is 33.8 Å². The minimum Gasteiger partial charge on any atom is -0.352 e. The molecule has 0 saturated heterocycles. The van der Waals surface area contributed by atoms with Gasteiger partial charge in [0.1, 0.15) is 0 Å². The summed E-state index contributed by atoms with van der Waals surface area (Å²) in [5, 5.41) is 3.24. The van der Waals surface area contributed by atoms with Gasteiger partial charge in [0.25, 0.3) is 0 Å². The van der Waals surface area contributed by atoms with E-state index in [1.807, 2.05) is 0 Å². The first-order valence-corrected chi connectivity index (χ1v) is 5.00. The number of halogens is 2. The highest BCUT2D eigenvalue weighted by molar-refractivity contribution is 6.42. The molecular weight excluding hydrogens is 237 g/mol. The second-order valence-corrected chi connectivity index (χ2v) is 3.78. The summed E-state index contributed by atoms with van der Waals surface area (Å²) in [7, 11) is 0. The molecule has 0 spiro atoms. The van der Waals surface area contributed by atoms with E-state index in [-0.39, 0.29) is 6.54 Å². The molecule has 0 aliphatic carbocycles. The van der Waals surface area contributed by atoms with E-state index < -0.39 is 12.1 Å². The first-order valence-electron chi connectivity index (χ1n) is 4.25. The average molecular weight is 248 g/mol. The van der Waals surface area contributed by atoms with Crippen LogP contribution in [0.15, 0.2) is 18.2 Å². The molecule has 1 unspecified atom stereocenters. The maximum Gasteiger partial charge on any atom is 0.312 e. The first-order chi connectivity index (χ1) is 7.02. The van der Waals surface area contributed by atoms with Gasteiger partial charge in [-0.05, 0) is 11.6 Å². The molecule has 15 heavy (non-hydrogen) atoms. The second kappa shape index (κ2) is 5.21. The van der Waals surface area contributed by atoms with Gasteiger partial charge in [-0.25, -0.2) is 4.79 Å². The summed E-state index contributed by atoms with van der Waals surface area (Å²) in [6, 6.07) is 4.11. The molecule has 4 nitrogen and oxygen atoms in total. The number of amides is 2. The number of primary amides is 1. The minimum atomic E-state index is -0.622. The summed E-state index contributed by atoms with van der Waals surface area (Å²) in [5.74, 6) is 0. The number of carbonyl (C=O) groups excluding carboxylic acids is 1. The smallest absolute Gasteiger partial charge is 0.312 e. The molecule has 0 aliphatic heterocycles. The van der Waals surface area contributed by atoms with Gasteiger partial charge in [0, 0.05) is 12.6 Å². The zero-order valence-electron chi connectivity index (χ0n) is 7.84. The maximum atomic E-state index is 10.5. The molecule has 0 aliphatic rings. The van der Waals surface area contributed by atoms with Crippen LogP contribution in [0.3, 0.4) is 0 Å². The lowest BCUT2D eigenvalue weighted by atomic mass is 10.1. The summed E-state index contributed by atoms with van der Waals surface area (Å²) in [6.45, 7) is 0.218. The Labute approximate surface area is 97.5 Å². The number of nitrogens with two attached hydrogens (primary N) is 2. The fourth-order valence-electron chi connectivity index (χ4n) is 1.13. The Morgan fingerprint density at radius 1 is 1.47 bits per heavy atom. The molecular formula is C9H11Cl2N3O. The fourth-order valence-corrected chi connectivity index (χ4v) is 1.58. The summed E-state index contributed by atoms with van der Waals surface area (Å²) in [6.07, 6.45) is 0. The molecule has 1 atom stereocenters. The van der Waals surface area contributed by atoms with Crippen LogP contribution >= 0.6 is 23.2 Å². The van der Waals surface area contributed by atoms with E-state index in [9.17, 15) is 4.79 Å². The molecule has 2 amide bonds. The van der Waals surface area contributed by atoms with Gasteiger partial charge >= 0.3 is 6.03 Å². The highest BCUT2D eigenvalue weighted by Gasteiger charge is 2.12. The normalized spacial score (nSPS) is 12.2. The Balaban J connectivity index is 2.77. The van der Waals surface area contributed by atoms with Gasteiger partial charge in [0.2, 0.25) is 0 Å². The predicted octanol–water partition coefficient (Wildman–Crippen LogP) is 1.66. The standard InChI is InChI=1S/C9H11Cl2N3O/c10-6-3-1-2-5(8(6)11)7(12)4-14-9(13)15/h1-3,7H,4,12H2,(H3,13,14,15). The molecule has 1 aromatic carbocycles. The molecule has 1 aromatic rings. The lowest BCUT2D eigenvalue weighted by Crippen LogP contribution is -2.35. The van der Waals surface area contributed by atoms with Crippen molar-refractivity contribution in [3.8, 4) is 0 Å². The zero-order chi connectivity index (χ0) is 11.4. The maximum absolute atomic E-state index is 10.5. The average Bonchev–Trinajstić information content (AvgIpc) is 2.18. The van der Waals surface area contributed by atoms with Gasteiger partial charge in [0.15, 0.2) is 0 Å². The highest BCUT2D eigenvalue weighted by Crippen LogP contribution is 2.28. The number of hydrogen-bond acceptors (Lipinski definition) is 2. The lowest BCUT2D eigenvalue weighted by molar-refractivity contribution is 0.248. The third-order valence-electron chi connectivity index (χ3n) is 1.88. The van der Waals surface area contributed by atoms with Gasteiger partial charge < -0.3 is 16.8 Å². The number of rotatable bonds is 3. The van der Waals surface area contributed by atoms with Crippen LogP contribution in [0.25, 0.3) is 0 Å². The van der Waals surface area contributed by atoms with Gasteiger partial charge in [-0.3, -0.25) is 0 Å². The number of carbonyl (C=O) groups is 1. The van der Waals surface area contributed by atoms with Crippen molar-refractivity contribution in [2.24, 2.45) is 11.5 Å². The molecule has 0 fully saturated rings. The van der Waals surface area contributed by atoms with Crippen molar-refractivity contribution in [1.82, 2.24) is 5.32 Å². The van der Waals surface area contributed by atoms with E-state index in [2.05, 4.69) is 5.32 Å². The molecule has 0 bridgehead atoms. The topological polar surface area (TPSA) is 81.1 Å². The highest BCUT2D eigenvalue weighted by atomic mass is 35.5. The molecule has 0 radical (unpaired) electrons. The van der Waals surface area contributed by atoms with Crippen LogP contribution in [0.5, 0.6) is 0 Å². The van der Waals surface area contributed by atoms with Crippen LogP contribution in [0.2, 0.25) is 10.0 Å². The van der Waals surface area contributed by atoms with Crippen molar-refractivity contribution < 1.29 is 4.79 Å². The summed E-state index contributed by atoms with van der Waals surface area (Å²) in [4.78, 5) is 10.5. The molecule has 1 rings (SSSR count). The summed E-state index contributed by atoms with van der Waals surface area (Å²) in [5.41, 5.74) is 11.4. The minimum absolute atomic E-state index is 0.218. The number of urea groups is 1. The van der Waals surface area contributed by atoms with Crippen molar-refractivity contribution in [3.63, 3.8) is 0 Å². The molecule has 82 valence electrons. The number of nitrogens with one attached hydrogen (secondary N) is 1. The van der Waals surface area contributed by atoms with Crippen LogP contribution in [-0.2, 0) is 0 Å². The van der Waals surface area contributed by atoms with Crippen LogP contribution in [0.1, 0.15) is 11.6 Å². The molecule has 6 heteroatoms. The second-order valence-electron chi connectivity index (χ2n) is 2.99. The SMILES string of the molecule is NC(=O)NCC(N)c1cccc(Cl)c1Cl. The van der Waals surface area contributed by atoms with Crippen molar-refractivity contribution in [2.75, 3.05) is 6.54 Å². The van der Waals surface area contributed by atoms with E-state index in [4.69, 9.17) is 34.7 Å². The van der Waals surface area contributed by atoms with E-state index in [1.165, 1.54) is 0 Å². The number of hydrogen-bond donors (Lipinski definition) is 3. The Morgan fingerprint density at radius 2 is 2.13 bits per heavy atom. The van der Waals surface area contributed by atoms with Crippen molar-refractivity contribution in [1.29, 1.82) is 0 Å². The molecule has 0 saturated carbocycles. The van der Waals surface area contributed by atoms with Gasteiger partial charge in [-0.15, -0.1) is 0 Å². The Hall–Kier alpha value is -0.970. The lowest BCUT2D eigenvalue weighted by Gasteiger charge is -2.14. The zero-order valence-corrected chi connectivity index (χ0v) is 9.35. The fraction of sp³-hybridized carbons (Fsp3) is 0.222. The molecule has 0 heterocycles. The Morgan fingerprint density at radius 3 is 2.73 bits per heavy atom. The molecule has 0 aromatic heterocycles. The predicted molar refractivity (Wildman–Crippen MR) is 61.0 cm³/mol. The van der Waals surface area contributed by atoms with Gasteiger partial charge in [0.05, 0.1) is 10.0 Å². The quantitative estimate of drug-likeness (QED) is 0.760. The van der Waals surface area contributed by atoms with Gasteiger partial charge in [-0.2, -0.15) is 0 Å². The Bertz CT molecular complexity index is 370. The van der Waals surface area contributed by atoms with Crippen molar-refractivity contribution in [2.45, 2.75) is 6.04 Å². The Kier molecular flexibility index (Phi) is 4.20. The van der Waals surface area contributed by atoms with Gasteiger partial charge in [-0.1, -0.05) is 35.3 Å². The van der Waals surface area contributed by atoms with E-state index >= 15 is 0 Å². The van der Waals surface area contributed by atoms with Crippen LogP contribution in [-0.4, -0.2) is 12.6 Å².